The van der Waals surface area contributed by atoms with Crippen molar-refractivity contribution in [3.8, 4) is 16.9 Å². The van der Waals surface area contributed by atoms with Gasteiger partial charge in [0.25, 0.3) is 0 Å². The molecule has 2 rings (SSSR count). The van der Waals surface area contributed by atoms with Gasteiger partial charge in [0.2, 0.25) is 5.91 Å². The van der Waals surface area contributed by atoms with Gasteiger partial charge in [-0.15, -0.1) is 0 Å². The molecule has 3 nitrogen and oxygen atoms in total. The van der Waals surface area contributed by atoms with Crippen molar-refractivity contribution in [3.05, 3.63) is 54.1 Å². The van der Waals surface area contributed by atoms with Crippen molar-refractivity contribution in [3.63, 3.8) is 0 Å². The summed E-state index contributed by atoms with van der Waals surface area (Å²) in [5.74, 6) is 0.467. The van der Waals surface area contributed by atoms with Crippen LogP contribution < -0.4 is 10.5 Å². The molecule has 19 heavy (non-hydrogen) atoms. The van der Waals surface area contributed by atoms with E-state index < -0.39 is 5.91 Å². The van der Waals surface area contributed by atoms with Crippen LogP contribution in [0.15, 0.2) is 48.5 Å². The van der Waals surface area contributed by atoms with Gasteiger partial charge < -0.3 is 10.5 Å². The molecule has 1 amide bonds. The third-order valence-electron chi connectivity index (χ3n) is 2.83. The molecule has 2 N–H and O–H groups in total. The molecule has 0 bridgehead atoms. The third kappa shape index (κ3) is 3.35. The minimum atomic E-state index is -0.408. The van der Waals surface area contributed by atoms with Crippen LogP contribution in [0.3, 0.4) is 0 Å². The van der Waals surface area contributed by atoms with Crippen LogP contribution in [0.25, 0.3) is 11.1 Å². The van der Waals surface area contributed by atoms with Crippen LogP contribution in [0, 0.1) is 0 Å². The van der Waals surface area contributed by atoms with Gasteiger partial charge in [-0.3, -0.25) is 4.79 Å². The van der Waals surface area contributed by atoms with Crippen LogP contribution >= 0.6 is 0 Å². The summed E-state index contributed by atoms with van der Waals surface area (Å²) in [5.41, 5.74) is 7.86. The molecule has 0 atom stereocenters. The Morgan fingerprint density at radius 3 is 2.00 bits per heavy atom. The number of carbonyl (C=O) groups is 1. The monoisotopic (exact) mass is 255 g/mol. The Morgan fingerprint density at radius 1 is 1.00 bits per heavy atom. The summed E-state index contributed by atoms with van der Waals surface area (Å²) in [6.45, 7) is 2.81. The maximum atomic E-state index is 11.0. The summed E-state index contributed by atoms with van der Waals surface area (Å²) in [5, 5.41) is 0. The zero-order valence-electron chi connectivity index (χ0n) is 10.9. The second kappa shape index (κ2) is 6.05. The number of nitrogens with two attached hydrogens (primary N) is 1. The Bertz CT molecular complexity index is 544. The summed E-state index contributed by atoms with van der Waals surface area (Å²) < 4.78 is 5.54. The Morgan fingerprint density at radius 2 is 1.53 bits per heavy atom. The van der Waals surface area contributed by atoms with E-state index in [-0.39, 0.29) is 0 Å². The first-order valence-electron chi connectivity index (χ1n) is 6.34. The van der Waals surface area contributed by atoms with Gasteiger partial charge in [0.15, 0.2) is 0 Å². The average Bonchev–Trinajstić information content (AvgIpc) is 2.46. The first kappa shape index (κ1) is 13.1. The van der Waals surface area contributed by atoms with Crippen LogP contribution in [0.1, 0.15) is 23.7 Å². The van der Waals surface area contributed by atoms with E-state index in [4.69, 9.17) is 10.5 Å². The second-order valence-corrected chi connectivity index (χ2v) is 4.31. The fourth-order valence-electron chi connectivity index (χ4n) is 1.79. The number of primary amides is 1. The first-order valence-corrected chi connectivity index (χ1v) is 6.34. The van der Waals surface area contributed by atoms with Crippen molar-refractivity contribution in [2.24, 2.45) is 5.73 Å². The highest BCUT2D eigenvalue weighted by molar-refractivity contribution is 5.93. The van der Waals surface area contributed by atoms with Gasteiger partial charge in [0.1, 0.15) is 5.75 Å². The third-order valence-corrected chi connectivity index (χ3v) is 2.83. The minimum absolute atomic E-state index is 0.408. The molecule has 0 radical (unpaired) electrons. The van der Waals surface area contributed by atoms with E-state index in [0.29, 0.717) is 5.56 Å². The summed E-state index contributed by atoms with van der Waals surface area (Å²) >= 11 is 0. The summed E-state index contributed by atoms with van der Waals surface area (Å²) in [6, 6.07) is 15.2. The maximum Gasteiger partial charge on any atom is 0.248 e. The first-order chi connectivity index (χ1) is 9.20. The lowest BCUT2D eigenvalue weighted by molar-refractivity contribution is 0.100. The largest absolute Gasteiger partial charge is 0.494 e. The SMILES string of the molecule is CCCOc1ccc(-c2ccc(C(N)=O)cc2)cc1. The molecule has 2 aromatic carbocycles. The van der Waals surface area contributed by atoms with Gasteiger partial charge in [0.05, 0.1) is 6.61 Å². The van der Waals surface area contributed by atoms with E-state index in [1.807, 2.05) is 36.4 Å². The molecule has 0 spiro atoms. The molecule has 2 aromatic rings. The molecule has 0 saturated heterocycles. The van der Waals surface area contributed by atoms with E-state index in [1.54, 1.807) is 12.1 Å². The summed E-state index contributed by atoms with van der Waals surface area (Å²) in [7, 11) is 0. The smallest absolute Gasteiger partial charge is 0.248 e. The number of hydrogen-bond acceptors (Lipinski definition) is 2. The molecule has 98 valence electrons. The van der Waals surface area contributed by atoms with Gasteiger partial charge in [-0.1, -0.05) is 31.2 Å². The van der Waals surface area contributed by atoms with Crippen molar-refractivity contribution in [1.29, 1.82) is 0 Å². The number of ether oxygens (including phenoxy) is 1. The van der Waals surface area contributed by atoms with Crippen molar-refractivity contribution in [2.75, 3.05) is 6.61 Å². The topological polar surface area (TPSA) is 52.3 Å². The molecule has 0 fully saturated rings. The van der Waals surface area contributed by atoms with E-state index >= 15 is 0 Å². The Balaban J connectivity index is 2.15. The summed E-state index contributed by atoms with van der Waals surface area (Å²) in [4.78, 5) is 11.0. The van der Waals surface area contributed by atoms with E-state index in [2.05, 4.69) is 6.92 Å². The normalized spacial score (nSPS) is 10.2. The molecule has 0 aliphatic rings. The quantitative estimate of drug-likeness (QED) is 0.891. The predicted octanol–water partition coefficient (Wildman–Crippen LogP) is 3.24. The standard InChI is InChI=1S/C16H17NO2/c1-2-11-19-15-9-7-13(8-10-15)12-3-5-14(6-4-12)16(17)18/h3-10H,2,11H2,1H3,(H2,17,18). The maximum absolute atomic E-state index is 11.0. The number of carbonyl (C=O) groups excluding carboxylic acids is 1. The fraction of sp³-hybridized carbons (Fsp3) is 0.188. The molecule has 0 aliphatic heterocycles. The van der Waals surface area contributed by atoms with Crippen LogP contribution in [0.4, 0.5) is 0 Å². The lowest BCUT2D eigenvalue weighted by Gasteiger charge is -2.06. The van der Waals surface area contributed by atoms with Crippen LogP contribution in [0.5, 0.6) is 5.75 Å². The Hall–Kier alpha value is -2.29. The molecule has 0 aromatic heterocycles. The van der Waals surface area contributed by atoms with Crippen molar-refractivity contribution in [1.82, 2.24) is 0 Å². The van der Waals surface area contributed by atoms with Gasteiger partial charge in [-0.05, 0) is 41.8 Å². The highest BCUT2D eigenvalue weighted by Gasteiger charge is 2.02. The molecule has 3 heteroatoms. The lowest BCUT2D eigenvalue weighted by Crippen LogP contribution is -2.10. The number of hydrogen-bond donors (Lipinski definition) is 1. The molecule has 0 saturated carbocycles. The molecular weight excluding hydrogens is 238 g/mol. The Kier molecular flexibility index (Phi) is 4.18. The van der Waals surface area contributed by atoms with Gasteiger partial charge in [-0.2, -0.15) is 0 Å². The van der Waals surface area contributed by atoms with Crippen molar-refractivity contribution in [2.45, 2.75) is 13.3 Å². The molecule has 0 aliphatic carbocycles. The zero-order chi connectivity index (χ0) is 13.7. The average molecular weight is 255 g/mol. The van der Waals surface area contributed by atoms with E-state index in [1.165, 1.54) is 0 Å². The fourth-order valence-corrected chi connectivity index (χ4v) is 1.79. The minimum Gasteiger partial charge on any atom is -0.494 e. The van der Waals surface area contributed by atoms with Gasteiger partial charge in [0, 0.05) is 5.56 Å². The number of amides is 1. The van der Waals surface area contributed by atoms with Crippen LogP contribution in [0.2, 0.25) is 0 Å². The summed E-state index contributed by atoms with van der Waals surface area (Å²) in [6.07, 6.45) is 0.996. The van der Waals surface area contributed by atoms with E-state index in [9.17, 15) is 4.79 Å². The highest BCUT2D eigenvalue weighted by Crippen LogP contribution is 2.22. The zero-order valence-corrected chi connectivity index (χ0v) is 10.9. The molecular formula is C16H17NO2. The lowest BCUT2D eigenvalue weighted by atomic mass is 10.0. The van der Waals surface area contributed by atoms with Gasteiger partial charge >= 0.3 is 0 Å². The van der Waals surface area contributed by atoms with E-state index in [0.717, 1.165) is 29.9 Å². The van der Waals surface area contributed by atoms with Crippen LogP contribution in [-0.4, -0.2) is 12.5 Å². The highest BCUT2D eigenvalue weighted by atomic mass is 16.5. The molecule has 0 heterocycles. The number of benzene rings is 2. The van der Waals surface area contributed by atoms with Crippen molar-refractivity contribution < 1.29 is 9.53 Å². The Labute approximate surface area is 113 Å². The van der Waals surface area contributed by atoms with Gasteiger partial charge in [-0.25, -0.2) is 0 Å². The second-order valence-electron chi connectivity index (χ2n) is 4.31. The van der Waals surface area contributed by atoms with Crippen LogP contribution in [-0.2, 0) is 0 Å². The van der Waals surface area contributed by atoms with Crippen molar-refractivity contribution >= 4 is 5.91 Å². The predicted molar refractivity (Wildman–Crippen MR) is 76.2 cm³/mol. The molecule has 0 unspecified atom stereocenters. The number of rotatable bonds is 5.